The lowest BCUT2D eigenvalue weighted by Crippen LogP contribution is -2.28. The summed E-state index contributed by atoms with van der Waals surface area (Å²) in [5.74, 6) is -1.32. The number of hydrogen-bond acceptors (Lipinski definition) is 4. The second-order valence-corrected chi connectivity index (χ2v) is 9.06. The first-order valence-corrected chi connectivity index (χ1v) is 9.77. The van der Waals surface area contributed by atoms with Crippen LogP contribution in [0.2, 0.25) is 0 Å². The second-order valence-electron chi connectivity index (χ2n) is 9.06. The number of benzene rings is 2. The van der Waals surface area contributed by atoms with Gasteiger partial charge in [-0.15, -0.1) is 0 Å². The van der Waals surface area contributed by atoms with Crippen molar-refractivity contribution in [2.75, 3.05) is 16.0 Å². The zero-order valence-corrected chi connectivity index (χ0v) is 18.6. The molecule has 0 aliphatic heterocycles. The smallest absolute Gasteiger partial charge is 0.412 e. The third-order valence-corrected chi connectivity index (χ3v) is 3.93. The molecule has 0 fully saturated rings. The van der Waals surface area contributed by atoms with Gasteiger partial charge in [-0.25, -0.2) is 9.18 Å². The average molecular weight is 429 g/mol. The van der Waals surface area contributed by atoms with Crippen molar-refractivity contribution in [3.63, 3.8) is 0 Å². The minimum absolute atomic E-state index is 0.0694. The van der Waals surface area contributed by atoms with Crippen molar-refractivity contribution < 1.29 is 23.5 Å². The third kappa shape index (κ3) is 7.40. The Balaban J connectivity index is 2.20. The highest BCUT2D eigenvalue weighted by Crippen LogP contribution is 2.25. The fraction of sp³-hybridized carbons (Fsp3) is 0.348. The largest absolute Gasteiger partial charge is 0.444 e. The molecule has 0 aliphatic carbocycles. The van der Waals surface area contributed by atoms with Crippen LogP contribution in [-0.4, -0.2) is 23.5 Å². The number of nitrogens with one attached hydrogen (secondary N) is 3. The standard InChI is InChI=1S/C23H28FN3O4/c1-22(2,3)20(29)25-16-9-7-8-14(12-16)19(28)26-18-13-15(24)10-11-17(18)27-21(30)31-23(4,5)6/h7-13H,1-6H3,(H,25,29)(H,26,28)(H,27,30). The Morgan fingerprint density at radius 3 is 2.13 bits per heavy atom. The molecule has 0 unspecified atom stereocenters. The summed E-state index contributed by atoms with van der Waals surface area (Å²) in [5.41, 5.74) is -0.354. The van der Waals surface area contributed by atoms with Gasteiger partial charge in [0, 0.05) is 16.7 Å². The summed E-state index contributed by atoms with van der Waals surface area (Å²) in [5, 5.41) is 7.85. The van der Waals surface area contributed by atoms with E-state index in [0.717, 1.165) is 12.1 Å². The molecular weight excluding hydrogens is 401 g/mol. The number of carbonyl (C=O) groups excluding carboxylic acids is 3. The molecule has 0 bridgehead atoms. The van der Waals surface area contributed by atoms with Gasteiger partial charge in [0.25, 0.3) is 5.91 Å². The normalized spacial score (nSPS) is 11.5. The Morgan fingerprint density at radius 2 is 1.52 bits per heavy atom. The predicted molar refractivity (Wildman–Crippen MR) is 119 cm³/mol. The molecule has 0 radical (unpaired) electrons. The van der Waals surface area contributed by atoms with Gasteiger partial charge in [-0.2, -0.15) is 0 Å². The molecular formula is C23H28FN3O4. The molecule has 3 amide bonds. The van der Waals surface area contributed by atoms with Crippen molar-refractivity contribution in [3.05, 3.63) is 53.8 Å². The van der Waals surface area contributed by atoms with Gasteiger partial charge in [-0.05, 0) is 57.2 Å². The average Bonchev–Trinajstić information content (AvgIpc) is 2.62. The Labute approximate surface area is 181 Å². The van der Waals surface area contributed by atoms with E-state index in [0.29, 0.717) is 5.69 Å². The highest BCUT2D eigenvalue weighted by atomic mass is 19.1. The van der Waals surface area contributed by atoms with Gasteiger partial charge >= 0.3 is 6.09 Å². The molecule has 7 nitrogen and oxygen atoms in total. The highest BCUT2D eigenvalue weighted by molar-refractivity contribution is 6.07. The lowest BCUT2D eigenvalue weighted by Gasteiger charge is -2.20. The summed E-state index contributed by atoms with van der Waals surface area (Å²) in [6.45, 7) is 10.5. The fourth-order valence-electron chi connectivity index (χ4n) is 2.39. The van der Waals surface area contributed by atoms with Gasteiger partial charge in [0.05, 0.1) is 11.4 Å². The molecule has 8 heteroatoms. The van der Waals surface area contributed by atoms with Crippen molar-refractivity contribution in [1.29, 1.82) is 0 Å². The van der Waals surface area contributed by atoms with Crippen LogP contribution in [-0.2, 0) is 9.53 Å². The molecule has 2 aromatic carbocycles. The number of hydrogen-bond donors (Lipinski definition) is 3. The first-order chi connectivity index (χ1) is 14.2. The quantitative estimate of drug-likeness (QED) is 0.605. The number of carbonyl (C=O) groups is 3. The molecule has 0 saturated heterocycles. The van der Waals surface area contributed by atoms with E-state index < -0.39 is 28.8 Å². The minimum atomic E-state index is -0.735. The van der Waals surface area contributed by atoms with E-state index in [1.807, 2.05) is 0 Å². The molecule has 0 aliphatic rings. The van der Waals surface area contributed by atoms with E-state index in [9.17, 15) is 18.8 Å². The van der Waals surface area contributed by atoms with Crippen LogP contribution in [0, 0.1) is 11.2 Å². The van der Waals surface area contributed by atoms with E-state index in [4.69, 9.17) is 4.74 Å². The van der Waals surface area contributed by atoms with Gasteiger partial charge in [-0.3, -0.25) is 14.9 Å². The van der Waals surface area contributed by atoms with E-state index in [1.165, 1.54) is 12.1 Å². The Morgan fingerprint density at radius 1 is 0.839 bits per heavy atom. The van der Waals surface area contributed by atoms with Crippen LogP contribution in [0.3, 0.4) is 0 Å². The molecule has 166 valence electrons. The van der Waals surface area contributed by atoms with Crippen molar-refractivity contribution in [2.45, 2.75) is 47.1 Å². The number of rotatable bonds is 4. The zero-order valence-electron chi connectivity index (χ0n) is 18.6. The van der Waals surface area contributed by atoms with E-state index in [2.05, 4.69) is 16.0 Å². The lowest BCUT2D eigenvalue weighted by atomic mass is 9.95. The molecule has 3 N–H and O–H groups in total. The summed E-state index contributed by atoms with van der Waals surface area (Å²) < 4.78 is 19.0. The number of halogens is 1. The molecule has 0 saturated carbocycles. The van der Waals surface area contributed by atoms with Crippen LogP contribution >= 0.6 is 0 Å². The first kappa shape index (κ1) is 23.9. The highest BCUT2D eigenvalue weighted by Gasteiger charge is 2.22. The molecule has 31 heavy (non-hydrogen) atoms. The fourth-order valence-corrected chi connectivity index (χ4v) is 2.39. The van der Waals surface area contributed by atoms with E-state index >= 15 is 0 Å². The van der Waals surface area contributed by atoms with Gasteiger partial charge < -0.3 is 15.4 Å². The number of ether oxygens (including phenoxy) is 1. The van der Waals surface area contributed by atoms with Crippen LogP contribution < -0.4 is 16.0 Å². The molecule has 2 aromatic rings. The summed E-state index contributed by atoms with van der Waals surface area (Å²) in [4.78, 5) is 37.0. The van der Waals surface area contributed by atoms with E-state index in [1.54, 1.807) is 59.7 Å². The molecule has 0 heterocycles. The van der Waals surface area contributed by atoms with Crippen molar-refractivity contribution in [3.8, 4) is 0 Å². The van der Waals surface area contributed by atoms with Crippen LogP contribution in [0.4, 0.5) is 26.2 Å². The number of anilines is 3. The number of amides is 3. The molecule has 0 atom stereocenters. The Hall–Kier alpha value is -3.42. The SMILES string of the molecule is CC(C)(C)OC(=O)Nc1ccc(F)cc1NC(=O)c1cccc(NC(=O)C(C)(C)C)c1. The van der Waals surface area contributed by atoms with Gasteiger partial charge in [-0.1, -0.05) is 26.8 Å². The monoisotopic (exact) mass is 429 g/mol. The zero-order chi connectivity index (χ0) is 23.4. The maximum absolute atomic E-state index is 13.8. The Kier molecular flexibility index (Phi) is 7.05. The topological polar surface area (TPSA) is 96.5 Å². The van der Waals surface area contributed by atoms with Crippen molar-refractivity contribution in [1.82, 2.24) is 0 Å². The minimum Gasteiger partial charge on any atom is -0.444 e. The first-order valence-electron chi connectivity index (χ1n) is 9.77. The van der Waals surface area contributed by atoms with Crippen LogP contribution in [0.25, 0.3) is 0 Å². The van der Waals surface area contributed by atoms with E-state index in [-0.39, 0.29) is 22.8 Å². The Bertz CT molecular complexity index is 991. The van der Waals surface area contributed by atoms with Gasteiger partial charge in [0.1, 0.15) is 11.4 Å². The van der Waals surface area contributed by atoms with Gasteiger partial charge in [0.2, 0.25) is 5.91 Å². The third-order valence-electron chi connectivity index (χ3n) is 3.93. The molecule has 2 rings (SSSR count). The molecule has 0 aromatic heterocycles. The van der Waals surface area contributed by atoms with Gasteiger partial charge in [0.15, 0.2) is 0 Å². The van der Waals surface area contributed by atoms with Crippen LogP contribution in [0.5, 0.6) is 0 Å². The summed E-state index contributed by atoms with van der Waals surface area (Å²) in [6, 6.07) is 9.94. The summed E-state index contributed by atoms with van der Waals surface area (Å²) in [7, 11) is 0. The maximum atomic E-state index is 13.8. The van der Waals surface area contributed by atoms with Crippen LogP contribution in [0.1, 0.15) is 51.9 Å². The molecule has 0 spiro atoms. The van der Waals surface area contributed by atoms with Crippen molar-refractivity contribution >= 4 is 35.0 Å². The maximum Gasteiger partial charge on any atom is 0.412 e. The summed E-state index contributed by atoms with van der Waals surface area (Å²) >= 11 is 0. The lowest BCUT2D eigenvalue weighted by molar-refractivity contribution is -0.123. The summed E-state index contributed by atoms with van der Waals surface area (Å²) in [6.07, 6.45) is -0.735. The van der Waals surface area contributed by atoms with Crippen molar-refractivity contribution in [2.24, 2.45) is 5.41 Å². The predicted octanol–water partition coefficient (Wildman–Crippen LogP) is 5.41. The second kappa shape index (κ2) is 9.16. The van der Waals surface area contributed by atoms with Crippen LogP contribution in [0.15, 0.2) is 42.5 Å².